The van der Waals surface area contributed by atoms with Gasteiger partial charge in [-0.05, 0) is 0 Å². The third-order valence-corrected chi connectivity index (χ3v) is 16.4. The molecule has 0 unspecified atom stereocenters. The van der Waals surface area contributed by atoms with Crippen molar-refractivity contribution in [1.82, 2.24) is 5.32 Å². The Bertz CT molecular complexity index is 883. The molecule has 0 atom stereocenters. The molecule has 3 rings (SSSR count). The number of carbonyl (C=O) groups is 1. The summed E-state index contributed by atoms with van der Waals surface area (Å²) in [7, 11) is 0. The van der Waals surface area contributed by atoms with Gasteiger partial charge in [0.15, 0.2) is 0 Å². The van der Waals surface area contributed by atoms with Crippen LogP contribution in [0.25, 0.3) is 0 Å². The molecule has 0 spiro atoms. The first-order valence-electron chi connectivity index (χ1n) is 11.9. The number of rotatable bonds is 13. The normalized spacial score (nSPS) is 12.6. The molecule has 0 saturated carbocycles. The first-order chi connectivity index (χ1) is 16.1. The third kappa shape index (κ3) is 6.25. The number of hydrogen-bond donors (Lipinski definition) is 2. The van der Waals surface area contributed by atoms with E-state index >= 15 is 0 Å². The van der Waals surface area contributed by atoms with Crippen LogP contribution in [0, 0.1) is 0 Å². The number of amides is 1. The van der Waals surface area contributed by atoms with E-state index in [0.717, 1.165) is 31.8 Å². The summed E-state index contributed by atoms with van der Waals surface area (Å²) in [6.45, 7) is 0.554. The van der Waals surface area contributed by atoms with Gasteiger partial charge in [0, 0.05) is 0 Å². The van der Waals surface area contributed by atoms with Gasteiger partial charge >= 0.3 is 207 Å². The van der Waals surface area contributed by atoms with Crippen LogP contribution in [0.1, 0.15) is 44.9 Å². The average molecular weight is 528 g/mol. The van der Waals surface area contributed by atoms with Crippen LogP contribution in [0.3, 0.4) is 0 Å². The van der Waals surface area contributed by atoms with Crippen LogP contribution in [0.5, 0.6) is 0 Å². The van der Waals surface area contributed by atoms with Crippen LogP contribution in [0.4, 0.5) is 4.79 Å². The van der Waals surface area contributed by atoms with E-state index in [2.05, 4.69) is 112 Å². The minimum atomic E-state index is -2.79. The van der Waals surface area contributed by atoms with Crippen LogP contribution in [-0.4, -0.2) is 23.9 Å². The molecule has 0 saturated heterocycles. The van der Waals surface area contributed by atoms with E-state index in [1.54, 1.807) is 0 Å². The maximum atomic E-state index is 10.5. The van der Waals surface area contributed by atoms with Crippen LogP contribution >= 0.6 is 20.8 Å². The summed E-state index contributed by atoms with van der Waals surface area (Å²) in [6, 6.07) is 33.0. The Hall–Kier alpha value is -2.16. The van der Waals surface area contributed by atoms with Crippen molar-refractivity contribution in [1.29, 1.82) is 0 Å². The fourth-order valence-electron chi connectivity index (χ4n) is 4.66. The number of halogens is 1. The molecule has 0 heterocycles. The summed E-state index contributed by atoms with van der Waals surface area (Å²) in [5.41, 5.74) is 0. The molecule has 5 heteroatoms. The van der Waals surface area contributed by atoms with Crippen molar-refractivity contribution in [2.75, 3.05) is 12.7 Å². The molecule has 176 valence electrons. The van der Waals surface area contributed by atoms with E-state index in [0.29, 0.717) is 6.54 Å². The van der Waals surface area contributed by atoms with E-state index in [9.17, 15) is 4.79 Å². The Kier molecular flexibility index (Phi) is 9.52. The van der Waals surface area contributed by atoms with Crippen LogP contribution in [0.2, 0.25) is 0 Å². The van der Waals surface area contributed by atoms with E-state index in [-0.39, 0.29) is 0 Å². The molecule has 2 N–H and O–H groups in total. The molecular weight excluding hydrogens is 493 g/mol. The molecule has 0 aliphatic heterocycles. The zero-order valence-electron chi connectivity index (χ0n) is 19.2. The van der Waals surface area contributed by atoms with Crippen molar-refractivity contribution < 1.29 is 9.90 Å². The van der Waals surface area contributed by atoms with E-state index < -0.39 is 11.4 Å². The molecule has 3 nitrogen and oxygen atoms in total. The Morgan fingerprint density at radius 2 is 1.00 bits per heavy atom. The minimum absolute atomic E-state index is 0.554. The molecule has 0 bridgehead atoms. The van der Waals surface area contributed by atoms with E-state index in [1.807, 2.05) is 0 Å². The van der Waals surface area contributed by atoms with Crippen LogP contribution in [-0.2, 0) is 0 Å². The number of carboxylic acid groups (broad SMARTS) is 1. The summed E-state index contributed by atoms with van der Waals surface area (Å²) in [5.74, 6) is 0. The number of nitrogens with one attached hydrogen (secondary N) is 1. The quantitative estimate of drug-likeness (QED) is 0.189. The van der Waals surface area contributed by atoms with E-state index in [4.69, 9.17) is 5.11 Å². The molecule has 0 aromatic heterocycles. The van der Waals surface area contributed by atoms with Crippen LogP contribution in [0.15, 0.2) is 91.0 Å². The van der Waals surface area contributed by atoms with Crippen molar-refractivity contribution in [3.63, 3.8) is 0 Å². The molecule has 0 radical (unpaired) electrons. The molecule has 3 aromatic carbocycles. The van der Waals surface area contributed by atoms with Crippen molar-refractivity contribution in [2.45, 2.75) is 44.9 Å². The van der Waals surface area contributed by atoms with Crippen LogP contribution < -0.4 is 21.2 Å². The van der Waals surface area contributed by atoms with Gasteiger partial charge in [0.05, 0.1) is 0 Å². The van der Waals surface area contributed by atoms with Crippen molar-refractivity contribution in [3.8, 4) is 0 Å². The standard InChI is InChI=1S/C28H35BrNO2P/c29-33(25-17-9-6-10-18-25,26-19-11-7-12-20-26,27-21-13-8-14-22-27)24-16-5-3-1-2-4-15-23-30-28(31)32/h6-14,17-22,30H,1-5,15-16,23-24H2,(H,31,32). The fraction of sp³-hybridized carbons (Fsp3) is 0.321. The van der Waals surface area contributed by atoms with Gasteiger partial charge in [-0.3, -0.25) is 0 Å². The molecular formula is C28H35BrNO2P. The Morgan fingerprint density at radius 3 is 1.39 bits per heavy atom. The zero-order chi connectivity index (χ0) is 23.4. The Labute approximate surface area is 206 Å². The van der Waals surface area contributed by atoms with Gasteiger partial charge < -0.3 is 0 Å². The van der Waals surface area contributed by atoms with Crippen molar-refractivity contribution >= 4 is 42.8 Å². The SMILES string of the molecule is O=C(O)NCCCCCCCCCP(Br)(c1ccccc1)(c1ccccc1)c1ccccc1. The number of benzene rings is 3. The monoisotopic (exact) mass is 527 g/mol. The summed E-state index contributed by atoms with van der Waals surface area (Å²) < 4.78 is 0. The molecule has 1 amide bonds. The summed E-state index contributed by atoms with van der Waals surface area (Å²) in [5, 5.41) is 12.4. The molecule has 0 fully saturated rings. The predicted octanol–water partition coefficient (Wildman–Crippen LogP) is 6.82. The van der Waals surface area contributed by atoms with Gasteiger partial charge in [-0.15, -0.1) is 0 Å². The summed E-state index contributed by atoms with van der Waals surface area (Å²) in [4.78, 5) is 10.5. The summed E-state index contributed by atoms with van der Waals surface area (Å²) >= 11 is 4.52. The Morgan fingerprint density at radius 1 is 0.636 bits per heavy atom. The Balaban J connectivity index is 1.74. The first kappa shape index (κ1) is 25.5. The predicted molar refractivity (Wildman–Crippen MR) is 147 cm³/mol. The van der Waals surface area contributed by atoms with E-state index in [1.165, 1.54) is 35.2 Å². The average Bonchev–Trinajstić information content (AvgIpc) is 2.86. The number of unbranched alkanes of at least 4 members (excludes halogenated alkanes) is 6. The fourth-order valence-corrected chi connectivity index (χ4v) is 12.4. The van der Waals surface area contributed by atoms with Gasteiger partial charge in [-0.1, -0.05) is 0 Å². The van der Waals surface area contributed by atoms with Crippen molar-refractivity contribution in [2.24, 2.45) is 0 Å². The number of hydrogen-bond acceptors (Lipinski definition) is 1. The zero-order valence-corrected chi connectivity index (χ0v) is 21.7. The van der Waals surface area contributed by atoms with Gasteiger partial charge in [-0.25, -0.2) is 0 Å². The molecule has 0 aliphatic carbocycles. The van der Waals surface area contributed by atoms with Gasteiger partial charge in [0.2, 0.25) is 0 Å². The molecule has 33 heavy (non-hydrogen) atoms. The first-order valence-corrected chi connectivity index (χ1v) is 16.4. The van der Waals surface area contributed by atoms with Gasteiger partial charge in [0.25, 0.3) is 0 Å². The second-order valence-corrected chi connectivity index (χ2v) is 17.7. The van der Waals surface area contributed by atoms with Gasteiger partial charge in [-0.2, -0.15) is 0 Å². The molecule has 3 aromatic rings. The third-order valence-electron chi connectivity index (χ3n) is 6.41. The second kappa shape index (κ2) is 12.3. The second-order valence-electron chi connectivity index (χ2n) is 8.62. The summed E-state index contributed by atoms with van der Waals surface area (Å²) in [6.07, 6.45) is 8.09. The van der Waals surface area contributed by atoms with Gasteiger partial charge in [0.1, 0.15) is 0 Å². The van der Waals surface area contributed by atoms with Crippen molar-refractivity contribution in [3.05, 3.63) is 91.0 Å². The molecule has 0 aliphatic rings. The maximum absolute atomic E-state index is 10.5. The topological polar surface area (TPSA) is 49.3 Å².